The number of aryl methyl sites for hydroxylation is 1. The first-order valence-corrected chi connectivity index (χ1v) is 11.1. The molecule has 1 atom stereocenters. The number of ether oxygens (including phenoxy) is 1. The number of allylic oxidation sites excluding steroid dienone is 4. The van der Waals surface area contributed by atoms with Crippen molar-refractivity contribution in [3.05, 3.63) is 82.4 Å². The topological polar surface area (TPSA) is 58.8 Å². The molecule has 1 aromatic rings. The lowest BCUT2D eigenvalue weighted by molar-refractivity contribution is -0.127. The van der Waals surface area contributed by atoms with E-state index >= 15 is 0 Å². The molecule has 1 aromatic carbocycles. The number of nitrogens with zero attached hydrogens (tertiary/aromatic N) is 2. The maximum Gasteiger partial charge on any atom is 0.254 e. The van der Waals surface area contributed by atoms with Gasteiger partial charge in [0.05, 0.1) is 7.11 Å². The van der Waals surface area contributed by atoms with Crippen molar-refractivity contribution in [3.63, 3.8) is 0 Å². The van der Waals surface area contributed by atoms with Gasteiger partial charge in [-0.2, -0.15) is 0 Å². The van der Waals surface area contributed by atoms with Crippen molar-refractivity contribution in [1.82, 2.24) is 9.80 Å². The Morgan fingerprint density at radius 3 is 2.66 bits per heavy atom. The second-order valence-electron chi connectivity index (χ2n) is 8.69. The summed E-state index contributed by atoms with van der Waals surface area (Å²) >= 11 is 0. The third-order valence-corrected chi connectivity index (χ3v) is 6.37. The van der Waals surface area contributed by atoms with Gasteiger partial charge in [-0.1, -0.05) is 18.7 Å². The molecule has 0 aliphatic carbocycles. The van der Waals surface area contributed by atoms with Crippen LogP contribution in [0.1, 0.15) is 44.7 Å². The van der Waals surface area contributed by atoms with E-state index in [0.29, 0.717) is 12.1 Å². The summed E-state index contributed by atoms with van der Waals surface area (Å²) in [5.41, 5.74) is 13.2. The maximum absolute atomic E-state index is 12.9. The smallest absolute Gasteiger partial charge is 0.254 e. The van der Waals surface area contributed by atoms with Crippen LogP contribution in [0.2, 0.25) is 0 Å². The zero-order valence-corrected chi connectivity index (χ0v) is 19.9. The number of hydrogen-bond donors (Lipinski definition) is 1. The zero-order chi connectivity index (χ0) is 23.4. The van der Waals surface area contributed by atoms with Crippen molar-refractivity contribution in [1.29, 1.82) is 0 Å². The minimum Gasteiger partial charge on any atom is -0.497 e. The van der Waals surface area contributed by atoms with Gasteiger partial charge in [0.25, 0.3) is 5.91 Å². The molecule has 3 rings (SSSR count). The van der Waals surface area contributed by atoms with E-state index in [0.717, 1.165) is 47.7 Å². The van der Waals surface area contributed by atoms with Crippen LogP contribution in [-0.4, -0.2) is 41.9 Å². The van der Waals surface area contributed by atoms with Crippen LogP contribution in [-0.2, 0) is 4.79 Å². The average molecular weight is 434 g/mol. The number of piperidine rings is 1. The molecule has 1 unspecified atom stereocenters. The first kappa shape index (κ1) is 23.6. The monoisotopic (exact) mass is 433 g/mol. The van der Waals surface area contributed by atoms with E-state index in [-0.39, 0.29) is 11.9 Å². The Morgan fingerprint density at radius 2 is 2.03 bits per heavy atom. The lowest BCUT2D eigenvalue weighted by Crippen LogP contribution is -2.46. The fraction of sp³-hybridized carbons (Fsp3) is 0.370. The summed E-state index contributed by atoms with van der Waals surface area (Å²) in [5.74, 6) is 0.890. The van der Waals surface area contributed by atoms with E-state index in [4.69, 9.17) is 10.5 Å². The predicted molar refractivity (Wildman–Crippen MR) is 132 cm³/mol. The van der Waals surface area contributed by atoms with Crippen molar-refractivity contribution >= 4 is 12.0 Å². The van der Waals surface area contributed by atoms with Crippen LogP contribution in [0.3, 0.4) is 0 Å². The van der Waals surface area contributed by atoms with Crippen molar-refractivity contribution in [2.75, 3.05) is 20.2 Å². The molecule has 1 saturated heterocycles. The molecule has 5 nitrogen and oxygen atoms in total. The van der Waals surface area contributed by atoms with E-state index < -0.39 is 0 Å². The van der Waals surface area contributed by atoms with E-state index in [1.54, 1.807) is 7.11 Å². The van der Waals surface area contributed by atoms with Gasteiger partial charge in [-0.3, -0.25) is 4.79 Å². The van der Waals surface area contributed by atoms with Gasteiger partial charge in [0.1, 0.15) is 5.75 Å². The van der Waals surface area contributed by atoms with E-state index in [2.05, 4.69) is 46.4 Å². The number of benzene rings is 1. The SMILES string of the molecule is C=C1C=C(C(=O)N2CCCC(N)C2)C=CN1/C(C)=C(C)/C(C)=C/c1ccc(OC)cc1C. The highest BCUT2D eigenvalue weighted by molar-refractivity contribution is 5.97. The summed E-state index contributed by atoms with van der Waals surface area (Å²) in [5, 5.41) is 0. The third kappa shape index (κ3) is 5.22. The molecule has 0 bridgehead atoms. The van der Waals surface area contributed by atoms with Crippen molar-refractivity contribution in [2.45, 2.75) is 46.6 Å². The Balaban J connectivity index is 1.77. The molecule has 1 amide bonds. The highest BCUT2D eigenvalue weighted by Crippen LogP contribution is 2.28. The first-order chi connectivity index (χ1) is 15.2. The van der Waals surface area contributed by atoms with Crippen LogP contribution in [0.5, 0.6) is 5.75 Å². The molecule has 2 heterocycles. The molecule has 0 radical (unpaired) electrons. The zero-order valence-electron chi connectivity index (χ0n) is 19.9. The van der Waals surface area contributed by atoms with Gasteiger partial charge in [-0.05, 0) is 87.1 Å². The van der Waals surface area contributed by atoms with Gasteiger partial charge in [-0.25, -0.2) is 0 Å². The van der Waals surface area contributed by atoms with Crippen LogP contribution in [0.4, 0.5) is 0 Å². The normalized spacial score (nSPS) is 20.2. The second-order valence-corrected chi connectivity index (χ2v) is 8.69. The maximum atomic E-state index is 12.9. The number of hydrogen-bond acceptors (Lipinski definition) is 4. The quantitative estimate of drug-likeness (QED) is 0.670. The third-order valence-electron chi connectivity index (χ3n) is 6.37. The van der Waals surface area contributed by atoms with E-state index in [1.165, 1.54) is 11.1 Å². The van der Waals surface area contributed by atoms with Gasteiger partial charge in [0.2, 0.25) is 0 Å². The van der Waals surface area contributed by atoms with Crippen molar-refractivity contribution in [2.24, 2.45) is 5.73 Å². The van der Waals surface area contributed by atoms with Gasteiger partial charge >= 0.3 is 0 Å². The molecule has 0 saturated carbocycles. The average Bonchev–Trinajstić information content (AvgIpc) is 2.78. The molecular weight excluding hydrogens is 398 g/mol. The number of rotatable bonds is 5. The second kappa shape index (κ2) is 10.0. The van der Waals surface area contributed by atoms with Crippen molar-refractivity contribution in [3.8, 4) is 5.75 Å². The van der Waals surface area contributed by atoms with Gasteiger partial charge in [-0.15, -0.1) is 0 Å². The molecule has 2 N–H and O–H groups in total. The highest BCUT2D eigenvalue weighted by atomic mass is 16.5. The lowest BCUT2D eigenvalue weighted by Gasteiger charge is -2.32. The van der Waals surface area contributed by atoms with Crippen LogP contribution in [0, 0.1) is 6.92 Å². The number of carbonyl (C=O) groups excluding carboxylic acids is 1. The standard InChI is InChI=1S/C27H35N3O2/c1-18(14-23-9-10-26(32-6)15-19(23)2)21(4)22(5)30-13-11-24(16-20(30)3)27(31)29-12-7-8-25(28)17-29/h9-11,13-16,25H,3,7-8,12,17,28H2,1-2,4-6H3/b18-14+,22-21+. The Labute approximate surface area is 192 Å². The largest absolute Gasteiger partial charge is 0.497 e. The van der Waals surface area contributed by atoms with E-state index in [1.807, 2.05) is 40.3 Å². The predicted octanol–water partition coefficient (Wildman–Crippen LogP) is 4.92. The van der Waals surface area contributed by atoms with Crippen LogP contribution < -0.4 is 10.5 Å². The summed E-state index contributed by atoms with van der Waals surface area (Å²) in [6, 6.07) is 6.16. The molecule has 2 aliphatic rings. The Kier molecular flexibility index (Phi) is 7.41. The van der Waals surface area contributed by atoms with Crippen LogP contribution in [0.15, 0.2) is 71.2 Å². The van der Waals surface area contributed by atoms with Gasteiger partial charge in [0.15, 0.2) is 0 Å². The summed E-state index contributed by atoms with van der Waals surface area (Å²) in [6.45, 7) is 14.0. The number of likely N-dealkylation sites (tertiary alicyclic amines) is 1. The molecule has 32 heavy (non-hydrogen) atoms. The number of nitrogens with two attached hydrogens (primary N) is 1. The number of methoxy groups -OCH3 is 1. The van der Waals surface area contributed by atoms with Crippen molar-refractivity contribution < 1.29 is 9.53 Å². The van der Waals surface area contributed by atoms with E-state index in [9.17, 15) is 4.79 Å². The Hall–Kier alpha value is -3.05. The highest BCUT2D eigenvalue weighted by Gasteiger charge is 2.25. The van der Waals surface area contributed by atoms with Crippen LogP contribution >= 0.6 is 0 Å². The fourth-order valence-corrected chi connectivity index (χ4v) is 4.13. The van der Waals surface area contributed by atoms with Crippen LogP contribution in [0.25, 0.3) is 6.08 Å². The first-order valence-electron chi connectivity index (χ1n) is 11.1. The molecule has 2 aliphatic heterocycles. The molecule has 1 fully saturated rings. The summed E-state index contributed by atoms with van der Waals surface area (Å²) in [7, 11) is 1.68. The molecule has 0 aromatic heterocycles. The molecule has 170 valence electrons. The number of amides is 1. The lowest BCUT2D eigenvalue weighted by atomic mass is 10.00. The summed E-state index contributed by atoms with van der Waals surface area (Å²) in [4.78, 5) is 16.8. The van der Waals surface area contributed by atoms with Gasteiger partial charge in [0, 0.05) is 42.3 Å². The number of carbonyl (C=O) groups is 1. The van der Waals surface area contributed by atoms with Gasteiger partial charge < -0.3 is 20.3 Å². The minimum atomic E-state index is 0.0293. The Morgan fingerprint density at radius 1 is 1.28 bits per heavy atom. The Bertz CT molecular complexity index is 1030. The summed E-state index contributed by atoms with van der Waals surface area (Å²) in [6.07, 6.45) is 9.80. The molecule has 0 spiro atoms. The minimum absolute atomic E-state index is 0.0293. The molecule has 5 heteroatoms. The summed E-state index contributed by atoms with van der Waals surface area (Å²) < 4.78 is 5.31. The molecular formula is C27H35N3O2. The fourth-order valence-electron chi connectivity index (χ4n) is 4.13.